The van der Waals surface area contributed by atoms with Crippen molar-refractivity contribution in [1.29, 1.82) is 0 Å². The zero-order chi connectivity index (χ0) is 15.8. The number of fused-ring (bicyclic) bond motifs is 1. The van der Waals surface area contributed by atoms with E-state index in [1.807, 2.05) is 42.5 Å². The molecule has 2 aromatic carbocycles. The molecule has 4 aromatic rings. The largest absolute Gasteiger partial charge is 0.344 e. The summed E-state index contributed by atoms with van der Waals surface area (Å²) in [5, 5.41) is 0.577. The number of hydrogen-bond acceptors (Lipinski definition) is 3. The summed E-state index contributed by atoms with van der Waals surface area (Å²) < 4.78 is 0. The lowest BCUT2D eigenvalue weighted by Crippen LogP contribution is -2.07. The number of aromatic nitrogens is 4. The molecule has 0 spiro atoms. The number of halogens is 1. The molecule has 0 aliphatic heterocycles. The van der Waals surface area contributed by atoms with Crippen molar-refractivity contribution in [3.05, 3.63) is 70.4 Å². The number of nitrogens with zero attached hydrogens (tertiary/aromatic N) is 2. The molecule has 5 nitrogen and oxygen atoms in total. The van der Waals surface area contributed by atoms with Crippen LogP contribution in [-0.2, 0) is 0 Å². The fourth-order valence-electron chi connectivity index (χ4n) is 2.47. The van der Waals surface area contributed by atoms with Crippen LogP contribution in [0.1, 0.15) is 0 Å². The molecule has 0 aliphatic rings. The van der Waals surface area contributed by atoms with Crippen LogP contribution in [0, 0.1) is 0 Å². The van der Waals surface area contributed by atoms with Gasteiger partial charge in [0.1, 0.15) is 5.82 Å². The molecule has 2 N–H and O–H groups in total. The second-order valence-electron chi connectivity index (χ2n) is 5.10. The minimum atomic E-state index is -0.376. The van der Waals surface area contributed by atoms with Gasteiger partial charge in [-0.3, -0.25) is 0 Å². The Labute approximate surface area is 136 Å². The van der Waals surface area contributed by atoms with Crippen molar-refractivity contribution in [2.45, 2.75) is 0 Å². The molecule has 0 bridgehead atoms. The third-order valence-corrected chi connectivity index (χ3v) is 3.93. The van der Waals surface area contributed by atoms with Crippen LogP contribution in [-0.4, -0.2) is 19.9 Å². The second-order valence-corrected chi connectivity index (χ2v) is 5.51. The minimum Gasteiger partial charge on any atom is -0.338 e. The molecule has 0 amide bonds. The predicted octanol–water partition coefficient (Wildman–Crippen LogP) is 3.63. The Kier molecular flexibility index (Phi) is 3.20. The lowest BCUT2D eigenvalue weighted by Gasteiger charge is -2.05. The van der Waals surface area contributed by atoms with Crippen LogP contribution in [0.3, 0.4) is 0 Å². The van der Waals surface area contributed by atoms with Gasteiger partial charge in [0.05, 0.1) is 16.1 Å². The molecule has 4 rings (SSSR count). The van der Waals surface area contributed by atoms with E-state index < -0.39 is 0 Å². The normalized spacial score (nSPS) is 11.0. The Morgan fingerprint density at radius 2 is 1.91 bits per heavy atom. The smallest absolute Gasteiger partial charge is 0.338 e. The van der Waals surface area contributed by atoms with Crippen molar-refractivity contribution in [2.75, 3.05) is 0 Å². The van der Waals surface area contributed by atoms with Crippen molar-refractivity contribution in [1.82, 2.24) is 19.9 Å². The molecular formula is C17H11ClN4O. The fraction of sp³-hybridized carbons (Fsp3) is 0. The van der Waals surface area contributed by atoms with Crippen LogP contribution in [0.5, 0.6) is 0 Å². The summed E-state index contributed by atoms with van der Waals surface area (Å²) in [6.45, 7) is 0. The molecule has 0 unspecified atom stereocenters. The van der Waals surface area contributed by atoms with Gasteiger partial charge in [-0.1, -0.05) is 29.8 Å². The van der Waals surface area contributed by atoms with E-state index in [1.165, 1.54) is 6.20 Å². The highest BCUT2D eigenvalue weighted by atomic mass is 35.5. The zero-order valence-corrected chi connectivity index (χ0v) is 12.6. The summed E-state index contributed by atoms with van der Waals surface area (Å²) in [4.78, 5) is 25.1. The van der Waals surface area contributed by atoms with Gasteiger partial charge >= 0.3 is 5.69 Å². The van der Waals surface area contributed by atoms with Crippen LogP contribution >= 0.6 is 11.6 Å². The van der Waals surface area contributed by atoms with Crippen LogP contribution < -0.4 is 5.69 Å². The van der Waals surface area contributed by atoms with Gasteiger partial charge in [0.15, 0.2) is 0 Å². The number of para-hydroxylation sites is 2. The Morgan fingerprint density at radius 3 is 2.65 bits per heavy atom. The second kappa shape index (κ2) is 5.37. The Morgan fingerprint density at radius 1 is 1.04 bits per heavy atom. The van der Waals surface area contributed by atoms with Gasteiger partial charge in [0.25, 0.3) is 0 Å². The third kappa shape index (κ3) is 2.51. The molecular weight excluding hydrogens is 312 g/mol. The molecule has 2 heterocycles. The maximum atomic E-state index is 11.0. The summed E-state index contributed by atoms with van der Waals surface area (Å²) >= 11 is 6.42. The first-order chi connectivity index (χ1) is 11.2. The maximum Gasteiger partial charge on any atom is 0.344 e. The topological polar surface area (TPSA) is 74.4 Å². The summed E-state index contributed by atoms with van der Waals surface area (Å²) in [5.41, 5.74) is 3.98. The highest BCUT2D eigenvalue weighted by Gasteiger charge is 2.10. The maximum absolute atomic E-state index is 11.0. The highest BCUT2D eigenvalue weighted by Crippen LogP contribution is 2.31. The molecule has 0 radical (unpaired) electrons. The van der Waals surface area contributed by atoms with Crippen LogP contribution in [0.25, 0.3) is 33.5 Å². The number of rotatable bonds is 2. The number of imidazole rings is 1. The lowest BCUT2D eigenvalue weighted by molar-refractivity contribution is 1.08. The fourth-order valence-corrected chi connectivity index (χ4v) is 2.74. The minimum absolute atomic E-state index is 0.376. The lowest BCUT2D eigenvalue weighted by atomic mass is 10.1. The van der Waals surface area contributed by atoms with Crippen molar-refractivity contribution < 1.29 is 0 Å². The predicted molar refractivity (Wildman–Crippen MR) is 90.4 cm³/mol. The van der Waals surface area contributed by atoms with Crippen molar-refractivity contribution >= 4 is 22.6 Å². The SMILES string of the molecule is O=c1ncc(-c2ccc(-c3nc4ccccc4[nH]3)c(Cl)c2)c[nH]1. The van der Waals surface area contributed by atoms with Crippen molar-refractivity contribution in [3.63, 3.8) is 0 Å². The van der Waals surface area contributed by atoms with E-state index >= 15 is 0 Å². The molecule has 6 heteroatoms. The van der Waals surface area contributed by atoms with E-state index in [4.69, 9.17) is 11.6 Å². The standard InChI is InChI=1S/C17H11ClN4O/c18-13-7-10(11-8-19-17(23)20-9-11)5-6-12(13)16-21-14-3-1-2-4-15(14)22-16/h1-9H,(H,21,22)(H,19,20,23). The molecule has 112 valence electrons. The molecule has 0 fully saturated rings. The van der Waals surface area contributed by atoms with Gasteiger partial charge in [0.2, 0.25) is 0 Å². The average molecular weight is 323 g/mol. The highest BCUT2D eigenvalue weighted by molar-refractivity contribution is 6.33. The van der Waals surface area contributed by atoms with Gasteiger partial charge in [-0.05, 0) is 29.8 Å². The van der Waals surface area contributed by atoms with E-state index in [0.29, 0.717) is 5.02 Å². The summed E-state index contributed by atoms with van der Waals surface area (Å²) in [6, 6.07) is 13.5. The number of nitrogens with one attached hydrogen (secondary N) is 2. The van der Waals surface area contributed by atoms with Gasteiger partial charge in [-0.15, -0.1) is 0 Å². The summed E-state index contributed by atoms with van der Waals surface area (Å²) in [6.07, 6.45) is 3.13. The van der Waals surface area contributed by atoms with Crippen molar-refractivity contribution in [3.8, 4) is 22.5 Å². The van der Waals surface area contributed by atoms with Crippen LogP contribution in [0.15, 0.2) is 59.7 Å². The summed E-state index contributed by atoms with van der Waals surface area (Å²) in [5.74, 6) is 0.724. The van der Waals surface area contributed by atoms with E-state index in [9.17, 15) is 4.79 Å². The molecule has 0 saturated carbocycles. The first-order valence-electron chi connectivity index (χ1n) is 7.00. The summed E-state index contributed by atoms with van der Waals surface area (Å²) in [7, 11) is 0. The van der Waals surface area contributed by atoms with Gasteiger partial charge in [-0.25, -0.2) is 14.8 Å². The Hall–Kier alpha value is -2.92. The number of hydrogen-bond donors (Lipinski definition) is 2. The van der Waals surface area contributed by atoms with Gasteiger partial charge < -0.3 is 9.97 Å². The van der Waals surface area contributed by atoms with Gasteiger partial charge in [-0.2, -0.15) is 0 Å². The third-order valence-electron chi connectivity index (χ3n) is 3.62. The van der Waals surface area contributed by atoms with E-state index in [-0.39, 0.29) is 5.69 Å². The molecule has 0 atom stereocenters. The quantitative estimate of drug-likeness (QED) is 0.591. The van der Waals surface area contributed by atoms with Gasteiger partial charge in [0, 0.05) is 23.5 Å². The molecule has 2 aromatic heterocycles. The van der Waals surface area contributed by atoms with E-state index in [0.717, 1.165) is 33.5 Å². The number of H-pyrrole nitrogens is 2. The Balaban J connectivity index is 1.78. The number of aromatic amines is 2. The monoisotopic (exact) mass is 322 g/mol. The Bertz CT molecular complexity index is 1010. The number of benzene rings is 2. The van der Waals surface area contributed by atoms with E-state index in [1.54, 1.807) is 6.20 Å². The first kappa shape index (κ1) is 13.7. The van der Waals surface area contributed by atoms with Crippen LogP contribution in [0.2, 0.25) is 5.02 Å². The first-order valence-corrected chi connectivity index (χ1v) is 7.38. The molecule has 23 heavy (non-hydrogen) atoms. The molecule has 0 aliphatic carbocycles. The average Bonchev–Trinajstić information content (AvgIpc) is 2.99. The molecule has 0 saturated heterocycles. The van der Waals surface area contributed by atoms with Crippen molar-refractivity contribution in [2.24, 2.45) is 0 Å². The zero-order valence-electron chi connectivity index (χ0n) is 11.9. The van der Waals surface area contributed by atoms with Crippen LogP contribution in [0.4, 0.5) is 0 Å². The van der Waals surface area contributed by atoms with E-state index in [2.05, 4.69) is 19.9 Å².